The van der Waals surface area contributed by atoms with Gasteiger partial charge in [-0.3, -0.25) is 9.36 Å². The predicted octanol–water partition coefficient (Wildman–Crippen LogP) is -1.07. The number of fused-ring (bicyclic) bond motifs is 1. The molecule has 0 saturated carbocycles. The van der Waals surface area contributed by atoms with Crippen molar-refractivity contribution in [3.63, 3.8) is 0 Å². The number of nitrogens with one attached hydrogen (secondary N) is 1. The molecule has 1 amide bonds. The maximum atomic E-state index is 12.9. The lowest BCUT2D eigenvalue weighted by Crippen LogP contribution is -2.50. The summed E-state index contributed by atoms with van der Waals surface area (Å²) < 4.78 is 11.8. The Morgan fingerprint density at radius 3 is 2.69 bits per heavy atom. The smallest absolute Gasteiger partial charge is 0.328 e. The molecule has 1 fully saturated rings. The third-order valence-electron chi connectivity index (χ3n) is 5.24. The number of imidazole rings is 1. The van der Waals surface area contributed by atoms with Gasteiger partial charge in [0, 0.05) is 6.42 Å². The summed E-state index contributed by atoms with van der Waals surface area (Å²) >= 11 is 0. The number of aromatic nitrogens is 4. The largest absolute Gasteiger partial charge is 0.467 e. The van der Waals surface area contributed by atoms with Crippen molar-refractivity contribution in [1.82, 2.24) is 24.8 Å². The zero-order chi connectivity index (χ0) is 22.8. The second-order valence-corrected chi connectivity index (χ2v) is 7.29. The SMILES string of the molecule is COC(=O)[C@@H](Cc1ccccc1)NC(=O)[C@H]1O[C@@H](n2cnc3c(N)ncnc32)[C@H](O)[C@@H]1O. The normalized spacial score (nSPS) is 23.7. The summed E-state index contributed by atoms with van der Waals surface area (Å²) in [5, 5.41) is 23.6. The molecule has 5 atom stereocenters. The molecule has 4 rings (SSSR count). The highest BCUT2D eigenvalue weighted by atomic mass is 16.6. The fraction of sp³-hybridized carbons (Fsp3) is 0.350. The average molecular weight is 442 g/mol. The number of amides is 1. The molecule has 3 heterocycles. The second kappa shape index (κ2) is 8.86. The first-order chi connectivity index (χ1) is 15.4. The zero-order valence-electron chi connectivity index (χ0n) is 17.0. The van der Waals surface area contributed by atoms with Crippen LogP contribution in [0, 0.1) is 0 Å². The van der Waals surface area contributed by atoms with E-state index in [-0.39, 0.29) is 17.9 Å². The molecule has 0 aliphatic carbocycles. The molecule has 1 aromatic carbocycles. The van der Waals surface area contributed by atoms with Gasteiger partial charge < -0.3 is 30.7 Å². The summed E-state index contributed by atoms with van der Waals surface area (Å²) in [6, 6.07) is 8.05. The molecule has 5 N–H and O–H groups in total. The number of esters is 1. The number of methoxy groups -OCH3 is 1. The minimum Gasteiger partial charge on any atom is -0.467 e. The maximum Gasteiger partial charge on any atom is 0.328 e. The number of anilines is 1. The van der Waals surface area contributed by atoms with Gasteiger partial charge >= 0.3 is 5.97 Å². The van der Waals surface area contributed by atoms with E-state index in [2.05, 4.69) is 20.3 Å². The Morgan fingerprint density at radius 1 is 1.22 bits per heavy atom. The number of aliphatic hydroxyl groups is 2. The lowest BCUT2D eigenvalue weighted by Gasteiger charge is -2.20. The highest BCUT2D eigenvalue weighted by Gasteiger charge is 2.48. The Labute approximate surface area is 182 Å². The number of rotatable bonds is 6. The van der Waals surface area contributed by atoms with Crippen molar-refractivity contribution in [3.05, 3.63) is 48.5 Å². The first-order valence-electron chi connectivity index (χ1n) is 9.77. The van der Waals surface area contributed by atoms with Crippen molar-refractivity contribution >= 4 is 28.9 Å². The van der Waals surface area contributed by atoms with E-state index in [1.54, 1.807) is 12.1 Å². The Hall–Kier alpha value is -3.61. The molecule has 1 saturated heterocycles. The van der Waals surface area contributed by atoms with Crippen LogP contribution in [0.3, 0.4) is 0 Å². The Balaban J connectivity index is 1.53. The maximum absolute atomic E-state index is 12.9. The van der Waals surface area contributed by atoms with E-state index >= 15 is 0 Å². The van der Waals surface area contributed by atoms with Gasteiger partial charge in [-0.2, -0.15) is 0 Å². The van der Waals surface area contributed by atoms with Gasteiger partial charge in [-0.15, -0.1) is 0 Å². The summed E-state index contributed by atoms with van der Waals surface area (Å²) in [7, 11) is 1.21. The van der Waals surface area contributed by atoms with Gasteiger partial charge in [-0.25, -0.2) is 19.7 Å². The highest BCUT2D eigenvalue weighted by molar-refractivity contribution is 5.88. The van der Waals surface area contributed by atoms with Crippen LogP contribution in [0.15, 0.2) is 43.0 Å². The Kier molecular flexibility index (Phi) is 5.99. The summed E-state index contributed by atoms with van der Waals surface area (Å²) in [4.78, 5) is 37.1. The van der Waals surface area contributed by atoms with Crippen LogP contribution in [0.1, 0.15) is 11.8 Å². The molecule has 1 aliphatic heterocycles. The van der Waals surface area contributed by atoms with Crippen molar-refractivity contribution < 1.29 is 29.3 Å². The van der Waals surface area contributed by atoms with E-state index < -0.39 is 42.5 Å². The van der Waals surface area contributed by atoms with E-state index in [1.807, 2.05) is 18.2 Å². The van der Waals surface area contributed by atoms with Gasteiger partial charge in [-0.05, 0) is 5.56 Å². The predicted molar refractivity (Wildman–Crippen MR) is 110 cm³/mol. The van der Waals surface area contributed by atoms with Gasteiger partial charge in [0.1, 0.15) is 30.1 Å². The summed E-state index contributed by atoms with van der Waals surface area (Å²) in [5.74, 6) is -1.29. The van der Waals surface area contributed by atoms with Crippen molar-refractivity contribution in [2.45, 2.75) is 37.0 Å². The molecule has 12 nitrogen and oxygen atoms in total. The molecule has 3 aromatic rings. The number of benzene rings is 1. The van der Waals surface area contributed by atoms with E-state index in [9.17, 15) is 19.8 Å². The molecule has 0 bridgehead atoms. The molecule has 168 valence electrons. The van der Waals surface area contributed by atoms with Gasteiger partial charge in [0.2, 0.25) is 0 Å². The van der Waals surface area contributed by atoms with Gasteiger partial charge in [0.15, 0.2) is 23.8 Å². The second-order valence-electron chi connectivity index (χ2n) is 7.29. The first kappa shape index (κ1) is 21.6. The van der Waals surface area contributed by atoms with Crippen molar-refractivity contribution in [2.75, 3.05) is 12.8 Å². The summed E-state index contributed by atoms with van der Waals surface area (Å²) in [6.07, 6.45) is -2.92. The number of hydrogen-bond donors (Lipinski definition) is 4. The Bertz CT molecular complexity index is 1120. The summed E-state index contributed by atoms with van der Waals surface area (Å²) in [5.41, 5.74) is 7.14. The topological polar surface area (TPSA) is 175 Å². The number of nitrogens with zero attached hydrogens (tertiary/aromatic N) is 4. The van der Waals surface area contributed by atoms with Crippen molar-refractivity contribution in [3.8, 4) is 0 Å². The van der Waals surface area contributed by atoms with Crippen LogP contribution in [-0.4, -0.2) is 73.1 Å². The molecular weight excluding hydrogens is 420 g/mol. The number of aliphatic hydroxyl groups excluding tert-OH is 2. The van der Waals surface area contributed by atoms with Crippen LogP contribution in [0.5, 0.6) is 0 Å². The zero-order valence-corrected chi connectivity index (χ0v) is 17.0. The minimum atomic E-state index is -1.56. The van der Waals surface area contributed by atoms with E-state index in [0.29, 0.717) is 5.52 Å². The third kappa shape index (κ3) is 3.98. The van der Waals surface area contributed by atoms with Crippen LogP contribution in [0.25, 0.3) is 11.2 Å². The van der Waals surface area contributed by atoms with Crippen molar-refractivity contribution in [1.29, 1.82) is 0 Å². The minimum absolute atomic E-state index is 0.137. The van der Waals surface area contributed by atoms with E-state index in [4.69, 9.17) is 15.2 Å². The van der Waals surface area contributed by atoms with Crippen LogP contribution >= 0.6 is 0 Å². The molecule has 32 heavy (non-hydrogen) atoms. The molecule has 0 unspecified atom stereocenters. The standard InChI is InChI=1S/C20H22N6O6/c1-31-20(30)11(7-10-5-3-2-4-6-10)25-18(29)15-13(27)14(28)19(32-15)26-9-24-12-16(21)22-8-23-17(12)26/h2-6,8-9,11,13-15,19,27-28H,7H2,1H3,(H,25,29)(H2,21,22,23)/t11-,13+,14-,15+,19-/m1/s1. The van der Waals surface area contributed by atoms with E-state index in [1.165, 1.54) is 24.3 Å². The molecule has 1 aliphatic rings. The highest BCUT2D eigenvalue weighted by Crippen LogP contribution is 2.32. The lowest BCUT2D eigenvalue weighted by atomic mass is 10.0. The van der Waals surface area contributed by atoms with E-state index in [0.717, 1.165) is 5.56 Å². The monoisotopic (exact) mass is 442 g/mol. The number of carbonyl (C=O) groups is 2. The van der Waals surface area contributed by atoms with Crippen LogP contribution in [-0.2, 0) is 25.5 Å². The fourth-order valence-electron chi connectivity index (χ4n) is 3.60. The molecule has 2 aromatic heterocycles. The fourth-order valence-corrected chi connectivity index (χ4v) is 3.60. The molecule has 0 radical (unpaired) electrons. The Morgan fingerprint density at radius 2 is 1.97 bits per heavy atom. The van der Waals surface area contributed by atoms with Crippen LogP contribution in [0.4, 0.5) is 5.82 Å². The number of ether oxygens (including phenoxy) is 2. The summed E-state index contributed by atoms with van der Waals surface area (Å²) in [6.45, 7) is 0. The van der Waals surface area contributed by atoms with Crippen LogP contribution in [0.2, 0.25) is 0 Å². The molecular formula is C20H22N6O6. The number of nitrogens with two attached hydrogens (primary N) is 1. The van der Waals surface area contributed by atoms with Gasteiger partial charge in [-0.1, -0.05) is 30.3 Å². The number of nitrogen functional groups attached to an aromatic ring is 1. The van der Waals surface area contributed by atoms with Gasteiger partial charge in [0.05, 0.1) is 13.4 Å². The third-order valence-corrected chi connectivity index (χ3v) is 5.24. The quantitative estimate of drug-likeness (QED) is 0.344. The van der Waals surface area contributed by atoms with Crippen molar-refractivity contribution in [2.24, 2.45) is 0 Å². The van der Waals surface area contributed by atoms with Crippen LogP contribution < -0.4 is 11.1 Å². The first-order valence-corrected chi connectivity index (χ1v) is 9.77. The number of hydrogen-bond acceptors (Lipinski definition) is 10. The molecule has 12 heteroatoms. The molecule has 0 spiro atoms. The average Bonchev–Trinajstić information content (AvgIpc) is 3.35. The number of carbonyl (C=O) groups excluding carboxylic acids is 2. The van der Waals surface area contributed by atoms with Gasteiger partial charge in [0.25, 0.3) is 5.91 Å². The lowest BCUT2D eigenvalue weighted by molar-refractivity contribution is -0.148.